The minimum absolute atomic E-state index is 0.00652. The monoisotopic (exact) mass is 426 g/mol. The van der Waals surface area contributed by atoms with Gasteiger partial charge in [0.25, 0.3) is 5.91 Å². The predicted octanol–water partition coefficient (Wildman–Crippen LogP) is 0.690. The first-order valence-corrected chi connectivity index (χ1v) is 11.6. The molecule has 2 saturated heterocycles. The van der Waals surface area contributed by atoms with E-state index in [-0.39, 0.29) is 28.2 Å². The second kappa shape index (κ2) is 9.27. The van der Waals surface area contributed by atoms with Crippen LogP contribution < -0.4 is 11.1 Å². The van der Waals surface area contributed by atoms with E-state index in [1.54, 1.807) is 6.92 Å². The maximum Gasteiger partial charge on any atom is 0.287 e. The third kappa shape index (κ3) is 5.18. The van der Waals surface area contributed by atoms with Gasteiger partial charge < -0.3 is 20.4 Å². The molecule has 0 aliphatic carbocycles. The molecular weight excluding hydrogens is 396 g/mol. The van der Waals surface area contributed by atoms with E-state index >= 15 is 0 Å². The van der Waals surface area contributed by atoms with E-state index in [9.17, 15) is 18.0 Å². The quantitative estimate of drug-likeness (QED) is 0.589. The summed E-state index contributed by atoms with van der Waals surface area (Å²) in [5.74, 6) is -0.541. The van der Waals surface area contributed by atoms with Crippen LogP contribution in [0.1, 0.15) is 48.4 Å². The third-order valence-electron chi connectivity index (χ3n) is 5.62. The van der Waals surface area contributed by atoms with Gasteiger partial charge in [-0.05, 0) is 52.1 Å². The molecule has 3 heterocycles. The number of hydrogen-bond donors (Lipinski definition) is 2. The number of aryl methyl sites for hydroxylation is 1. The largest absolute Gasteiger partial charge is 0.455 e. The van der Waals surface area contributed by atoms with Crippen molar-refractivity contribution in [3.05, 3.63) is 17.6 Å². The second-order valence-electron chi connectivity index (χ2n) is 7.79. The highest BCUT2D eigenvalue weighted by molar-refractivity contribution is 7.89. The summed E-state index contributed by atoms with van der Waals surface area (Å²) in [5.41, 5.74) is 5.39. The van der Waals surface area contributed by atoms with Crippen LogP contribution in [0.3, 0.4) is 0 Å². The average molecular weight is 427 g/mol. The molecule has 2 aliphatic heterocycles. The van der Waals surface area contributed by atoms with Crippen LogP contribution >= 0.6 is 0 Å². The van der Waals surface area contributed by atoms with Gasteiger partial charge in [0, 0.05) is 32.2 Å². The highest BCUT2D eigenvalue weighted by Crippen LogP contribution is 2.26. The molecule has 2 amide bonds. The fourth-order valence-corrected chi connectivity index (χ4v) is 5.66. The van der Waals surface area contributed by atoms with Crippen molar-refractivity contribution in [2.45, 2.75) is 43.9 Å². The van der Waals surface area contributed by atoms with Crippen LogP contribution in [0, 0.1) is 12.8 Å². The van der Waals surface area contributed by atoms with E-state index in [0.717, 1.165) is 45.2 Å². The Morgan fingerprint density at radius 3 is 2.66 bits per heavy atom. The van der Waals surface area contributed by atoms with Crippen molar-refractivity contribution in [1.29, 1.82) is 0 Å². The van der Waals surface area contributed by atoms with Crippen LogP contribution in [-0.2, 0) is 14.8 Å². The van der Waals surface area contributed by atoms with E-state index in [4.69, 9.17) is 10.2 Å². The zero-order valence-electron chi connectivity index (χ0n) is 16.9. The molecule has 162 valence electrons. The van der Waals surface area contributed by atoms with Gasteiger partial charge in [-0.2, -0.15) is 4.31 Å². The van der Waals surface area contributed by atoms with Crippen molar-refractivity contribution in [3.8, 4) is 0 Å². The number of furan rings is 1. The number of carbonyl (C=O) groups excluding carboxylic acids is 2. The lowest BCUT2D eigenvalue weighted by molar-refractivity contribution is -0.123. The topological polar surface area (TPSA) is 126 Å². The summed E-state index contributed by atoms with van der Waals surface area (Å²) in [6, 6.07) is 1.32. The number of amides is 2. The minimum atomic E-state index is -3.62. The van der Waals surface area contributed by atoms with Gasteiger partial charge in [-0.1, -0.05) is 0 Å². The van der Waals surface area contributed by atoms with Crippen molar-refractivity contribution in [1.82, 2.24) is 14.5 Å². The molecule has 1 aromatic heterocycles. The van der Waals surface area contributed by atoms with Gasteiger partial charge in [-0.15, -0.1) is 0 Å². The Labute approximate surface area is 171 Å². The van der Waals surface area contributed by atoms with Gasteiger partial charge in [0.2, 0.25) is 15.9 Å². The molecule has 9 nitrogen and oxygen atoms in total. The van der Waals surface area contributed by atoms with Crippen molar-refractivity contribution in [2.75, 3.05) is 39.3 Å². The van der Waals surface area contributed by atoms with Gasteiger partial charge in [-0.25, -0.2) is 8.42 Å². The molecule has 1 atom stereocenters. The van der Waals surface area contributed by atoms with E-state index in [1.165, 1.54) is 10.4 Å². The molecule has 0 radical (unpaired) electrons. The Bertz CT molecular complexity index is 845. The van der Waals surface area contributed by atoms with Crippen molar-refractivity contribution in [2.24, 2.45) is 11.7 Å². The zero-order chi connectivity index (χ0) is 21.0. The summed E-state index contributed by atoms with van der Waals surface area (Å²) >= 11 is 0. The summed E-state index contributed by atoms with van der Waals surface area (Å²) in [4.78, 5) is 26.0. The number of nitrogens with one attached hydrogen (secondary N) is 1. The standard InChI is InChI=1S/C19H30N4O5S/c1-14-17(29(26,27)23-10-2-3-11-23)12-16(28-14)19(25)21-7-5-9-22-8-4-6-15(13-22)18(20)24/h12,15H,2-11,13H2,1H3,(H2,20,24)(H,21,25). The highest BCUT2D eigenvalue weighted by atomic mass is 32.2. The van der Waals surface area contributed by atoms with Crippen LogP contribution in [0.5, 0.6) is 0 Å². The Morgan fingerprint density at radius 2 is 1.97 bits per heavy atom. The molecule has 0 bridgehead atoms. The minimum Gasteiger partial charge on any atom is -0.455 e. The molecule has 0 spiro atoms. The summed E-state index contributed by atoms with van der Waals surface area (Å²) in [6.45, 7) is 5.35. The SMILES string of the molecule is Cc1oc(C(=O)NCCCN2CCCC(C(N)=O)C2)cc1S(=O)(=O)N1CCCC1. The number of carbonyl (C=O) groups is 2. The molecule has 1 aromatic rings. The molecule has 0 aromatic carbocycles. The number of sulfonamides is 1. The van der Waals surface area contributed by atoms with Crippen LogP contribution in [0.25, 0.3) is 0 Å². The average Bonchev–Trinajstić information content (AvgIpc) is 3.36. The Balaban J connectivity index is 1.49. The Kier molecular flexibility index (Phi) is 6.97. The first kappa shape index (κ1) is 21.8. The van der Waals surface area contributed by atoms with Gasteiger partial charge in [0.1, 0.15) is 10.7 Å². The number of hydrogen-bond acceptors (Lipinski definition) is 6. The number of piperidine rings is 1. The molecule has 10 heteroatoms. The summed E-state index contributed by atoms with van der Waals surface area (Å²) in [5, 5.41) is 2.77. The van der Waals surface area contributed by atoms with E-state index in [0.29, 0.717) is 26.2 Å². The molecular formula is C19H30N4O5S. The van der Waals surface area contributed by atoms with E-state index < -0.39 is 15.9 Å². The molecule has 1 unspecified atom stereocenters. The molecule has 3 N–H and O–H groups in total. The molecule has 2 fully saturated rings. The maximum absolute atomic E-state index is 12.7. The summed E-state index contributed by atoms with van der Waals surface area (Å²) in [7, 11) is -3.62. The van der Waals surface area contributed by atoms with Crippen LogP contribution in [-0.4, -0.2) is 68.7 Å². The van der Waals surface area contributed by atoms with Gasteiger partial charge in [0.05, 0.1) is 5.92 Å². The van der Waals surface area contributed by atoms with Crippen LogP contribution in [0.4, 0.5) is 0 Å². The molecule has 29 heavy (non-hydrogen) atoms. The maximum atomic E-state index is 12.7. The van der Waals surface area contributed by atoms with Crippen molar-refractivity contribution >= 4 is 21.8 Å². The Hall–Kier alpha value is -1.91. The zero-order valence-corrected chi connectivity index (χ0v) is 17.7. The Morgan fingerprint density at radius 1 is 1.24 bits per heavy atom. The van der Waals surface area contributed by atoms with Crippen LogP contribution in [0.15, 0.2) is 15.4 Å². The van der Waals surface area contributed by atoms with Crippen LogP contribution in [0.2, 0.25) is 0 Å². The lowest BCUT2D eigenvalue weighted by atomic mass is 9.97. The van der Waals surface area contributed by atoms with Gasteiger partial charge in [-0.3, -0.25) is 9.59 Å². The van der Waals surface area contributed by atoms with E-state index in [1.807, 2.05) is 0 Å². The lowest BCUT2D eigenvalue weighted by Crippen LogP contribution is -2.42. The number of likely N-dealkylation sites (tertiary alicyclic amines) is 1. The number of rotatable bonds is 8. The van der Waals surface area contributed by atoms with Crippen molar-refractivity contribution in [3.63, 3.8) is 0 Å². The fraction of sp³-hybridized carbons (Fsp3) is 0.684. The molecule has 3 rings (SSSR count). The number of nitrogens with zero attached hydrogens (tertiary/aromatic N) is 2. The number of nitrogens with two attached hydrogens (primary N) is 1. The normalized spacial score (nSPS) is 21.3. The summed E-state index contributed by atoms with van der Waals surface area (Å²) in [6.07, 6.45) is 4.19. The molecule has 2 aliphatic rings. The predicted molar refractivity (Wildman–Crippen MR) is 107 cm³/mol. The first-order valence-electron chi connectivity index (χ1n) is 10.2. The highest BCUT2D eigenvalue weighted by Gasteiger charge is 2.31. The smallest absolute Gasteiger partial charge is 0.287 e. The van der Waals surface area contributed by atoms with Gasteiger partial charge >= 0.3 is 0 Å². The van der Waals surface area contributed by atoms with E-state index in [2.05, 4.69) is 10.2 Å². The summed E-state index contributed by atoms with van der Waals surface area (Å²) < 4.78 is 32.3. The lowest BCUT2D eigenvalue weighted by Gasteiger charge is -2.31. The second-order valence-corrected chi connectivity index (χ2v) is 9.70. The fourth-order valence-electron chi connectivity index (χ4n) is 3.98. The first-order chi connectivity index (χ1) is 13.8. The van der Waals surface area contributed by atoms with Crippen molar-refractivity contribution < 1.29 is 22.4 Å². The molecule has 0 saturated carbocycles. The third-order valence-corrected chi connectivity index (χ3v) is 7.63. The number of primary amides is 1. The van der Waals surface area contributed by atoms with Gasteiger partial charge in [0.15, 0.2) is 5.76 Å².